The Hall–Kier alpha value is -1.27. The minimum Gasteiger partial charge on any atom is -0.497 e. The van der Waals surface area contributed by atoms with Crippen molar-refractivity contribution in [1.29, 1.82) is 0 Å². The fourth-order valence-electron chi connectivity index (χ4n) is 2.23. The molecule has 0 saturated carbocycles. The molecule has 0 aromatic heterocycles. The number of benzene rings is 1. The molecule has 6 heteroatoms. The number of hydrogen-bond acceptors (Lipinski definition) is 4. The largest absolute Gasteiger partial charge is 0.497 e. The fraction of sp³-hybridized carbons (Fsp3) is 0.538. The van der Waals surface area contributed by atoms with Gasteiger partial charge in [0.15, 0.2) is 0 Å². The van der Waals surface area contributed by atoms with Crippen LogP contribution in [0.1, 0.15) is 19.3 Å². The van der Waals surface area contributed by atoms with E-state index in [-0.39, 0.29) is 4.90 Å². The molecule has 1 saturated heterocycles. The highest BCUT2D eigenvalue weighted by atomic mass is 32.2. The summed E-state index contributed by atoms with van der Waals surface area (Å²) in [5.74, 6) is 0.864. The van der Waals surface area contributed by atoms with E-state index in [0.717, 1.165) is 19.3 Å². The van der Waals surface area contributed by atoms with Crippen LogP contribution in [0.15, 0.2) is 23.1 Å². The zero-order valence-corrected chi connectivity index (χ0v) is 12.1. The van der Waals surface area contributed by atoms with Crippen molar-refractivity contribution >= 4 is 10.0 Å². The standard InChI is InChI=1S/C13H19NO4S/c1-17-11-6-7-12(18-2)13(10-11)19(15,16)14-8-4-3-5-9-14/h6-7,10H,3-5,8-9H2,1-2H3. The molecule has 1 heterocycles. The summed E-state index contributed by atoms with van der Waals surface area (Å²) < 4.78 is 37.0. The molecule has 0 atom stereocenters. The summed E-state index contributed by atoms with van der Waals surface area (Å²) in [6, 6.07) is 4.83. The average Bonchev–Trinajstić information content (AvgIpc) is 2.47. The molecule has 1 fully saturated rings. The fourth-order valence-corrected chi connectivity index (χ4v) is 3.92. The zero-order valence-electron chi connectivity index (χ0n) is 11.3. The van der Waals surface area contributed by atoms with Gasteiger partial charge in [-0.05, 0) is 25.0 Å². The minimum absolute atomic E-state index is 0.177. The van der Waals surface area contributed by atoms with E-state index >= 15 is 0 Å². The summed E-state index contributed by atoms with van der Waals surface area (Å²) in [5.41, 5.74) is 0. The van der Waals surface area contributed by atoms with Crippen molar-refractivity contribution in [2.75, 3.05) is 27.3 Å². The van der Waals surface area contributed by atoms with Crippen LogP contribution in [0.3, 0.4) is 0 Å². The lowest BCUT2D eigenvalue weighted by Gasteiger charge is -2.26. The second kappa shape index (κ2) is 5.79. The minimum atomic E-state index is -3.51. The van der Waals surface area contributed by atoms with Crippen LogP contribution < -0.4 is 9.47 Å². The van der Waals surface area contributed by atoms with Crippen molar-refractivity contribution in [3.8, 4) is 11.5 Å². The number of ether oxygens (including phenoxy) is 2. The van der Waals surface area contributed by atoms with Crippen molar-refractivity contribution in [3.05, 3.63) is 18.2 Å². The van der Waals surface area contributed by atoms with E-state index < -0.39 is 10.0 Å². The number of rotatable bonds is 4. The van der Waals surface area contributed by atoms with Gasteiger partial charge in [-0.2, -0.15) is 4.31 Å². The smallest absolute Gasteiger partial charge is 0.246 e. The highest BCUT2D eigenvalue weighted by Gasteiger charge is 2.29. The van der Waals surface area contributed by atoms with E-state index in [9.17, 15) is 8.42 Å². The predicted molar refractivity (Wildman–Crippen MR) is 72.2 cm³/mol. The van der Waals surface area contributed by atoms with Gasteiger partial charge in [-0.25, -0.2) is 8.42 Å². The van der Waals surface area contributed by atoms with Crippen LogP contribution in [0.4, 0.5) is 0 Å². The molecule has 0 unspecified atom stereocenters. The molecule has 0 aliphatic carbocycles. The van der Waals surface area contributed by atoms with Gasteiger partial charge in [0, 0.05) is 19.2 Å². The molecular formula is C13H19NO4S. The highest BCUT2D eigenvalue weighted by molar-refractivity contribution is 7.89. The predicted octanol–water partition coefficient (Wildman–Crippen LogP) is 1.88. The molecule has 106 valence electrons. The maximum atomic E-state index is 12.6. The first kappa shape index (κ1) is 14.1. The van der Waals surface area contributed by atoms with Crippen molar-refractivity contribution in [3.63, 3.8) is 0 Å². The molecule has 1 aromatic rings. The van der Waals surface area contributed by atoms with E-state index in [4.69, 9.17) is 9.47 Å². The first-order valence-corrected chi connectivity index (χ1v) is 7.76. The van der Waals surface area contributed by atoms with Gasteiger partial charge in [-0.3, -0.25) is 0 Å². The molecule has 1 aliphatic rings. The van der Waals surface area contributed by atoms with E-state index in [1.54, 1.807) is 12.1 Å². The van der Waals surface area contributed by atoms with Crippen LogP contribution in [-0.4, -0.2) is 40.0 Å². The third kappa shape index (κ3) is 2.84. The Bertz CT molecular complexity index is 536. The molecule has 0 bridgehead atoms. The van der Waals surface area contributed by atoms with E-state index in [0.29, 0.717) is 24.6 Å². The summed E-state index contributed by atoms with van der Waals surface area (Å²) in [4.78, 5) is 0.177. The van der Waals surface area contributed by atoms with E-state index in [1.165, 1.54) is 24.6 Å². The Kier molecular flexibility index (Phi) is 4.31. The summed E-state index contributed by atoms with van der Waals surface area (Å²) >= 11 is 0. The molecule has 0 spiro atoms. The highest BCUT2D eigenvalue weighted by Crippen LogP contribution is 2.31. The SMILES string of the molecule is COc1ccc(OC)c(S(=O)(=O)N2CCCCC2)c1. The summed E-state index contributed by atoms with van der Waals surface area (Å²) in [6.45, 7) is 1.14. The molecule has 1 aliphatic heterocycles. The molecule has 0 amide bonds. The summed E-state index contributed by atoms with van der Waals surface area (Å²) in [7, 11) is -0.527. The maximum Gasteiger partial charge on any atom is 0.246 e. The Balaban J connectivity index is 2.43. The molecule has 0 N–H and O–H groups in total. The van der Waals surface area contributed by atoms with Crippen molar-refractivity contribution in [1.82, 2.24) is 4.31 Å². The summed E-state index contributed by atoms with van der Waals surface area (Å²) in [5, 5.41) is 0. The monoisotopic (exact) mass is 285 g/mol. The lowest BCUT2D eigenvalue weighted by Crippen LogP contribution is -2.35. The summed E-state index contributed by atoms with van der Waals surface area (Å²) in [6.07, 6.45) is 2.90. The first-order chi connectivity index (χ1) is 9.09. The number of piperidine rings is 1. The quantitative estimate of drug-likeness (QED) is 0.847. The Morgan fingerprint density at radius 2 is 1.74 bits per heavy atom. The average molecular weight is 285 g/mol. The van der Waals surface area contributed by atoms with Gasteiger partial charge in [0.25, 0.3) is 0 Å². The lowest BCUT2D eigenvalue weighted by atomic mass is 10.2. The Morgan fingerprint density at radius 3 is 2.32 bits per heavy atom. The van der Waals surface area contributed by atoms with Crippen molar-refractivity contribution in [2.24, 2.45) is 0 Å². The van der Waals surface area contributed by atoms with Crippen LogP contribution in [-0.2, 0) is 10.0 Å². The van der Waals surface area contributed by atoms with Gasteiger partial charge in [0.2, 0.25) is 10.0 Å². The number of hydrogen-bond donors (Lipinski definition) is 0. The maximum absolute atomic E-state index is 12.6. The van der Waals surface area contributed by atoms with Gasteiger partial charge in [-0.15, -0.1) is 0 Å². The Labute approximate surface area is 114 Å². The first-order valence-electron chi connectivity index (χ1n) is 6.32. The van der Waals surface area contributed by atoms with Crippen LogP contribution in [0.2, 0.25) is 0 Å². The lowest BCUT2D eigenvalue weighted by molar-refractivity contribution is 0.342. The van der Waals surface area contributed by atoms with Crippen LogP contribution in [0, 0.1) is 0 Å². The van der Waals surface area contributed by atoms with E-state index in [1.807, 2.05) is 0 Å². The molecule has 0 radical (unpaired) electrons. The number of nitrogens with zero attached hydrogens (tertiary/aromatic N) is 1. The molecule has 5 nitrogen and oxygen atoms in total. The van der Waals surface area contributed by atoms with Gasteiger partial charge >= 0.3 is 0 Å². The normalized spacial score (nSPS) is 17.2. The number of sulfonamides is 1. The zero-order chi connectivity index (χ0) is 13.9. The van der Waals surface area contributed by atoms with E-state index in [2.05, 4.69) is 0 Å². The second-order valence-electron chi connectivity index (χ2n) is 4.48. The van der Waals surface area contributed by atoms with Crippen LogP contribution in [0.5, 0.6) is 11.5 Å². The van der Waals surface area contributed by atoms with Gasteiger partial charge in [-0.1, -0.05) is 6.42 Å². The Morgan fingerprint density at radius 1 is 1.05 bits per heavy atom. The molecule has 2 rings (SSSR count). The number of methoxy groups -OCH3 is 2. The van der Waals surface area contributed by atoms with Gasteiger partial charge in [0.1, 0.15) is 16.4 Å². The molecular weight excluding hydrogens is 266 g/mol. The molecule has 19 heavy (non-hydrogen) atoms. The third-order valence-electron chi connectivity index (χ3n) is 3.30. The third-order valence-corrected chi connectivity index (χ3v) is 5.22. The topological polar surface area (TPSA) is 55.8 Å². The second-order valence-corrected chi connectivity index (χ2v) is 6.39. The van der Waals surface area contributed by atoms with Crippen molar-refractivity contribution in [2.45, 2.75) is 24.2 Å². The van der Waals surface area contributed by atoms with Crippen molar-refractivity contribution < 1.29 is 17.9 Å². The van der Waals surface area contributed by atoms with Gasteiger partial charge in [0.05, 0.1) is 14.2 Å². The molecule has 1 aromatic carbocycles. The van der Waals surface area contributed by atoms with Crippen LogP contribution >= 0.6 is 0 Å². The van der Waals surface area contributed by atoms with Gasteiger partial charge < -0.3 is 9.47 Å². The van der Waals surface area contributed by atoms with Crippen LogP contribution in [0.25, 0.3) is 0 Å².